The van der Waals surface area contributed by atoms with Gasteiger partial charge in [0.05, 0.1) is 6.42 Å². The van der Waals surface area contributed by atoms with Gasteiger partial charge in [0.1, 0.15) is 0 Å². The van der Waals surface area contributed by atoms with Crippen molar-refractivity contribution in [1.29, 1.82) is 0 Å². The number of aryl methyl sites for hydroxylation is 3. The molecule has 132 valence electrons. The van der Waals surface area contributed by atoms with Crippen molar-refractivity contribution in [2.75, 3.05) is 18.8 Å². The molecule has 0 radical (unpaired) electrons. The van der Waals surface area contributed by atoms with Gasteiger partial charge in [-0.05, 0) is 44.7 Å². The summed E-state index contributed by atoms with van der Waals surface area (Å²) in [7, 11) is 0. The van der Waals surface area contributed by atoms with Crippen LogP contribution in [-0.2, 0) is 11.2 Å². The van der Waals surface area contributed by atoms with Gasteiger partial charge in [0.25, 0.3) is 0 Å². The number of amides is 1. The Morgan fingerprint density at radius 2 is 1.88 bits per heavy atom. The molecule has 1 aliphatic rings. The first-order valence-corrected chi connectivity index (χ1v) is 8.88. The highest BCUT2D eigenvalue weighted by molar-refractivity contribution is 5.79. The number of carbonyl (C=O) groups excluding carboxylic acids is 1. The highest BCUT2D eigenvalue weighted by atomic mass is 16.2. The fraction of sp³-hybridized carbons (Fsp3) is 0.450. The number of rotatable bonds is 3. The van der Waals surface area contributed by atoms with Gasteiger partial charge < -0.3 is 10.6 Å². The monoisotopic (exact) mass is 338 g/mol. The van der Waals surface area contributed by atoms with Gasteiger partial charge in [-0.2, -0.15) is 0 Å². The van der Waals surface area contributed by atoms with E-state index >= 15 is 0 Å². The second kappa shape index (κ2) is 7.21. The number of hydrogen-bond acceptors (Lipinski definition) is 4. The molecule has 1 aliphatic heterocycles. The Morgan fingerprint density at radius 1 is 1.20 bits per heavy atom. The number of anilines is 1. The predicted octanol–water partition coefficient (Wildman–Crippen LogP) is 2.93. The zero-order valence-electron chi connectivity index (χ0n) is 15.2. The van der Waals surface area contributed by atoms with Crippen LogP contribution < -0.4 is 5.73 Å². The van der Waals surface area contributed by atoms with E-state index in [4.69, 9.17) is 5.73 Å². The molecule has 1 aromatic carbocycles. The number of piperidine rings is 1. The summed E-state index contributed by atoms with van der Waals surface area (Å²) < 4.78 is 0. The molecule has 1 saturated heterocycles. The Kier molecular flexibility index (Phi) is 5.02. The first-order valence-electron chi connectivity index (χ1n) is 8.88. The number of likely N-dealkylation sites (tertiary alicyclic amines) is 1. The maximum absolute atomic E-state index is 12.9. The molecule has 3 rings (SSSR count). The van der Waals surface area contributed by atoms with Crippen LogP contribution in [0.25, 0.3) is 0 Å². The van der Waals surface area contributed by atoms with E-state index in [-0.39, 0.29) is 11.9 Å². The smallest absolute Gasteiger partial charge is 0.227 e. The van der Waals surface area contributed by atoms with Crippen LogP contribution in [0.3, 0.4) is 0 Å². The Labute approximate surface area is 149 Å². The van der Waals surface area contributed by atoms with Gasteiger partial charge >= 0.3 is 0 Å². The third-order valence-corrected chi connectivity index (χ3v) is 5.17. The quantitative estimate of drug-likeness (QED) is 0.934. The van der Waals surface area contributed by atoms with Gasteiger partial charge in [0.2, 0.25) is 11.9 Å². The lowest BCUT2D eigenvalue weighted by atomic mass is 9.88. The summed E-state index contributed by atoms with van der Waals surface area (Å²) >= 11 is 0. The lowest BCUT2D eigenvalue weighted by Crippen LogP contribution is -2.40. The second-order valence-electron chi connectivity index (χ2n) is 6.94. The van der Waals surface area contributed by atoms with Crippen LogP contribution in [0.15, 0.2) is 24.3 Å². The van der Waals surface area contributed by atoms with Gasteiger partial charge in [-0.25, -0.2) is 9.97 Å². The molecular formula is C20H26N4O. The minimum atomic E-state index is 0.151. The summed E-state index contributed by atoms with van der Waals surface area (Å²) in [6.45, 7) is 7.54. The number of nitrogens with zero attached hydrogens (tertiary/aromatic N) is 3. The van der Waals surface area contributed by atoms with E-state index in [0.29, 0.717) is 12.3 Å². The molecule has 1 aromatic heterocycles. The van der Waals surface area contributed by atoms with Gasteiger partial charge in [-0.15, -0.1) is 0 Å². The standard InChI is InChI=1S/C20H26N4O/c1-13-7-4-5-9-17(13)16-8-6-10-24(12-16)19(25)11-18-14(2)22-20(21)23-15(18)3/h4-5,7,9,16H,6,8,10-12H2,1-3H3,(H2,21,22,23)/t16-/m0/s1. The third kappa shape index (κ3) is 3.81. The normalized spacial score (nSPS) is 17.6. The maximum Gasteiger partial charge on any atom is 0.227 e. The Bertz CT molecular complexity index is 764. The fourth-order valence-electron chi connectivity index (χ4n) is 3.79. The number of nitrogens with two attached hydrogens (primary N) is 1. The molecule has 25 heavy (non-hydrogen) atoms. The molecule has 0 saturated carbocycles. The molecule has 0 unspecified atom stereocenters. The zero-order valence-corrected chi connectivity index (χ0v) is 15.2. The van der Waals surface area contributed by atoms with Crippen molar-refractivity contribution in [1.82, 2.24) is 14.9 Å². The molecule has 2 aromatic rings. The summed E-state index contributed by atoms with van der Waals surface area (Å²) in [4.78, 5) is 23.3. The van der Waals surface area contributed by atoms with Crippen LogP contribution in [0.1, 0.15) is 46.8 Å². The number of aromatic nitrogens is 2. The van der Waals surface area contributed by atoms with Crippen molar-refractivity contribution >= 4 is 11.9 Å². The first-order chi connectivity index (χ1) is 12.0. The number of carbonyl (C=O) groups is 1. The largest absolute Gasteiger partial charge is 0.368 e. The van der Waals surface area contributed by atoms with E-state index in [9.17, 15) is 4.79 Å². The van der Waals surface area contributed by atoms with Gasteiger partial charge in [0.15, 0.2) is 0 Å². The number of hydrogen-bond donors (Lipinski definition) is 1. The molecule has 2 N–H and O–H groups in total. The average Bonchev–Trinajstić information content (AvgIpc) is 2.58. The molecule has 2 heterocycles. The molecule has 1 fully saturated rings. The summed E-state index contributed by atoms with van der Waals surface area (Å²) in [5, 5.41) is 0. The topological polar surface area (TPSA) is 72.1 Å². The SMILES string of the molecule is Cc1ccccc1[C@H]1CCCN(C(=O)Cc2c(C)nc(N)nc2C)C1. The van der Waals surface area contributed by atoms with Gasteiger partial charge in [-0.3, -0.25) is 4.79 Å². The second-order valence-corrected chi connectivity index (χ2v) is 6.94. The molecule has 1 atom stereocenters. The summed E-state index contributed by atoms with van der Waals surface area (Å²) in [6, 6.07) is 8.49. The van der Waals surface area contributed by atoms with Crippen molar-refractivity contribution in [2.45, 2.75) is 46.0 Å². The molecular weight excluding hydrogens is 312 g/mol. The van der Waals surface area contributed by atoms with Crippen molar-refractivity contribution in [3.63, 3.8) is 0 Å². The van der Waals surface area contributed by atoms with E-state index in [1.807, 2.05) is 18.7 Å². The van der Waals surface area contributed by atoms with E-state index < -0.39 is 0 Å². The summed E-state index contributed by atoms with van der Waals surface area (Å²) in [5.41, 5.74) is 10.8. The van der Waals surface area contributed by atoms with E-state index in [1.165, 1.54) is 11.1 Å². The van der Waals surface area contributed by atoms with Crippen molar-refractivity contribution < 1.29 is 4.79 Å². The highest BCUT2D eigenvalue weighted by Crippen LogP contribution is 2.29. The Hall–Kier alpha value is -2.43. The molecule has 0 aliphatic carbocycles. The van der Waals surface area contributed by atoms with Gasteiger partial charge in [0, 0.05) is 36.0 Å². The Morgan fingerprint density at radius 3 is 2.56 bits per heavy atom. The molecule has 1 amide bonds. The lowest BCUT2D eigenvalue weighted by molar-refractivity contribution is -0.131. The maximum atomic E-state index is 12.9. The van der Waals surface area contributed by atoms with Crippen LogP contribution in [-0.4, -0.2) is 33.9 Å². The molecule has 5 nitrogen and oxygen atoms in total. The van der Waals surface area contributed by atoms with Crippen LogP contribution >= 0.6 is 0 Å². The summed E-state index contributed by atoms with van der Waals surface area (Å²) in [5.74, 6) is 0.838. The average molecular weight is 338 g/mol. The van der Waals surface area contributed by atoms with Crippen molar-refractivity contribution in [3.8, 4) is 0 Å². The first kappa shape index (κ1) is 17.4. The molecule has 0 bridgehead atoms. The number of nitrogen functional groups attached to an aromatic ring is 1. The van der Waals surface area contributed by atoms with Crippen LogP contribution in [0, 0.1) is 20.8 Å². The summed E-state index contributed by atoms with van der Waals surface area (Å²) in [6.07, 6.45) is 2.52. The highest BCUT2D eigenvalue weighted by Gasteiger charge is 2.26. The van der Waals surface area contributed by atoms with Crippen LogP contribution in [0.4, 0.5) is 5.95 Å². The number of benzene rings is 1. The van der Waals surface area contributed by atoms with Gasteiger partial charge in [-0.1, -0.05) is 24.3 Å². The van der Waals surface area contributed by atoms with E-state index in [1.54, 1.807) is 0 Å². The van der Waals surface area contributed by atoms with E-state index in [0.717, 1.165) is 42.9 Å². The van der Waals surface area contributed by atoms with Crippen molar-refractivity contribution in [2.24, 2.45) is 0 Å². The van der Waals surface area contributed by atoms with Crippen LogP contribution in [0.5, 0.6) is 0 Å². The van der Waals surface area contributed by atoms with Crippen molar-refractivity contribution in [3.05, 3.63) is 52.3 Å². The van der Waals surface area contributed by atoms with Crippen LogP contribution in [0.2, 0.25) is 0 Å². The molecule has 5 heteroatoms. The zero-order chi connectivity index (χ0) is 18.0. The minimum absolute atomic E-state index is 0.151. The predicted molar refractivity (Wildman–Crippen MR) is 99.4 cm³/mol. The lowest BCUT2D eigenvalue weighted by Gasteiger charge is -2.34. The molecule has 0 spiro atoms. The minimum Gasteiger partial charge on any atom is -0.368 e. The van der Waals surface area contributed by atoms with E-state index in [2.05, 4.69) is 41.2 Å². The fourth-order valence-corrected chi connectivity index (χ4v) is 3.79. The third-order valence-electron chi connectivity index (χ3n) is 5.17. The Balaban J connectivity index is 1.74.